The average molecular weight is 444 g/mol. The van der Waals surface area contributed by atoms with E-state index in [1.807, 2.05) is 0 Å². The van der Waals surface area contributed by atoms with E-state index in [9.17, 15) is 28.1 Å². The number of ether oxygens (including phenoxy) is 1. The van der Waals surface area contributed by atoms with Crippen LogP contribution in [0.4, 0.5) is 24.5 Å². The smallest absolute Gasteiger partial charge is 0.419 e. The Bertz CT molecular complexity index is 947. The molecule has 1 fully saturated rings. The molecule has 0 unspecified atom stereocenters. The Morgan fingerprint density at radius 3 is 2.43 bits per heavy atom. The summed E-state index contributed by atoms with van der Waals surface area (Å²) in [6.07, 6.45) is -4.58. The van der Waals surface area contributed by atoms with Gasteiger partial charge in [0, 0.05) is 37.3 Å². The predicted molar refractivity (Wildman–Crippen MR) is 104 cm³/mol. The lowest BCUT2D eigenvalue weighted by molar-refractivity contribution is -0.384. The van der Waals surface area contributed by atoms with Gasteiger partial charge in [0.05, 0.1) is 10.5 Å². The molecule has 1 aliphatic heterocycles. The lowest BCUT2D eigenvalue weighted by Crippen LogP contribution is -2.50. The van der Waals surface area contributed by atoms with E-state index >= 15 is 0 Å². The third kappa shape index (κ3) is 4.93. The molecule has 7 nitrogen and oxygen atoms in total. The first-order valence-corrected chi connectivity index (χ1v) is 9.30. The molecule has 0 N–H and O–H groups in total. The molecule has 1 aliphatic rings. The van der Waals surface area contributed by atoms with Crippen LogP contribution in [0.5, 0.6) is 5.75 Å². The molecular formula is C19H17ClF3N3O4. The SMILES string of the molecule is O=C(COc1ccccc1C(F)(F)F)N1CCN(c2ccc(Cl)cc2[N+](=O)[O-])CC1. The largest absolute Gasteiger partial charge is 0.483 e. The van der Waals surface area contributed by atoms with Crippen molar-refractivity contribution >= 4 is 28.9 Å². The Morgan fingerprint density at radius 1 is 1.13 bits per heavy atom. The van der Waals surface area contributed by atoms with Crippen molar-refractivity contribution in [3.8, 4) is 5.75 Å². The van der Waals surface area contributed by atoms with Crippen molar-refractivity contribution in [1.82, 2.24) is 4.90 Å². The molecule has 1 amide bonds. The van der Waals surface area contributed by atoms with Crippen LogP contribution in [0, 0.1) is 10.1 Å². The molecule has 3 rings (SSSR count). The molecule has 0 atom stereocenters. The van der Waals surface area contributed by atoms with Crippen LogP contribution in [0.3, 0.4) is 0 Å². The quantitative estimate of drug-likeness (QED) is 0.516. The van der Waals surface area contributed by atoms with E-state index in [-0.39, 0.29) is 23.8 Å². The van der Waals surface area contributed by atoms with Gasteiger partial charge in [0.25, 0.3) is 11.6 Å². The van der Waals surface area contributed by atoms with Crippen LogP contribution < -0.4 is 9.64 Å². The zero-order valence-corrected chi connectivity index (χ0v) is 16.3. The highest BCUT2D eigenvalue weighted by Crippen LogP contribution is 2.36. The molecule has 0 bridgehead atoms. The standard InChI is InChI=1S/C19H17ClF3N3O4/c20-13-5-6-15(16(11-13)26(28)29)24-7-9-25(10-8-24)18(27)12-30-17-4-2-1-3-14(17)19(21,22)23/h1-6,11H,7-10,12H2. The van der Waals surface area contributed by atoms with Crippen molar-refractivity contribution in [2.75, 3.05) is 37.7 Å². The zero-order chi connectivity index (χ0) is 21.9. The first kappa shape index (κ1) is 21.7. The van der Waals surface area contributed by atoms with E-state index in [4.69, 9.17) is 16.3 Å². The van der Waals surface area contributed by atoms with E-state index in [1.54, 1.807) is 17.0 Å². The van der Waals surface area contributed by atoms with E-state index in [0.717, 1.165) is 12.1 Å². The number of hydrogen-bond acceptors (Lipinski definition) is 5. The lowest BCUT2D eigenvalue weighted by atomic mass is 10.2. The monoisotopic (exact) mass is 443 g/mol. The van der Waals surface area contributed by atoms with Crippen LogP contribution in [0.25, 0.3) is 0 Å². The van der Waals surface area contributed by atoms with Crippen LogP contribution in [-0.2, 0) is 11.0 Å². The summed E-state index contributed by atoms with van der Waals surface area (Å²) in [6, 6.07) is 9.05. The molecule has 2 aromatic rings. The second kappa shape index (κ2) is 8.78. The van der Waals surface area contributed by atoms with Gasteiger partial charge in [-0.15, -0.1) is 0 Å². The number of carbonyl (C=O) groups is 1. The van der Waals surface area contributed by atoms with Gasteiger partial charge in [0.2, 0.25) is 0 Å². The van der Waals surface area contributed by atoms with Gasteiger partial charge in [-0.1, -0.05) is 23.7 Å². The fourth-order valence-corrected chi connectivity index (χ4v) is 3.33. The van der Waals surface area contributed by atoms with Crippen LogP contribution >= 0.6 is 11.6 Å². The number of carbonyl (C=O) groups excluding carboxylic acids is 1. The van der Waals surface area contributed by atoms with Crippen molar-refractivity contribution in [2.24, 2.45) is 0 Å². The highest BCUT2D eigenvalue weighted by molar-refractivity contribution is 6.30. The second-order valence-electron chi connectivity index (χ2n) is 6.54. The number of rotatable bonds is 5. The number of hydrogen-bond donors (Lipinski definition) is 0. The van der Waals surface area contributed by atoms with Crippen LogP contribution in [0.1, 0.15) is 5.56 Å². The first-order valence-electron chi connectivity index (χ1n) is 8.92. The molecule has 0 aliphatic carbocycles. The van der Waals surface area contributed by atoms with Crippen molar-refractivity contribution in [3.63, 3.8) is 0 Å². The van der Waals surface area contributed by atoms with E-state index in [0.29, 0.717) is 18.8 Å². The van der Waals surface area contributed by atoms with Gasteiger partial charge in [-0.05, 0) is 24.3 Å². The Labute approximate surface area is 174 Å². The topological polar surface area (TPSA) is 75.9 Å². The molecular weight excluding hydrogens is 427 g/mol. The molecule has 0 radical (unpaired) electrons. The van der Waals surface area contributed by atoms with E-state index in [1.165, 1.54) is 23.1 Å². The maximum absolute atomic E-state index is 13.0. The number of nitro benzene ring substituents is 1. The van der Waals surface area contributed by atoms with E-state index < -0.39 is 34.9 Å². The maximum Gasteiger partial charge on any atom is 0.419 e. The molecule has 0 spiro atoms. The number of anilines is 1. The van der Waals surface area contributed by atoms with Gasteiger partial charge in [0.15, 0.2) is 6.61 Å². The normalized spacial score (nSPS) is 14.5. The number of benzene rings is 2. The van der Waals surface area contributed by atoms with Crippen LogP contribution in [0.15, 0.2) is 42.5 Å². The summed E-state index contributed by atoms with van der Waals surface area (Å²) in [5.41, 5.74) is -0.682. The van der Waals surface area contributed by atoms with Gasteiger partial charge >= 0.3 is 6.18 Å². The number of piperazine rings is 1. The van der Waals surface area contributed by atoms with E-state index in [2.05, 4.69) is 0 Å². The Morgan fingerprint density at radius 2 is 1.80 bits per heavy atom. The van der Waals surface area contributed by atoms with Crippen LogP contribution in [0.2, 0.25) is 5.02 Å². The number of para-hydroxylation sites is 1. The molecule has 0 aromatic heterocycles. The number of nitro groups is 1. The summed E-state index contributed by atoms with van der Waals surface area (Å²) >= 11 is 5.83. The number of amides is 1. The fraction of sp³-hybridized carbons (Fsp3) is 0.316. The Kier molecular flexibility index (Phi) is 6.35. The number of alkyl halides is 3. The zero-order valence-electron chi connectivity index (χ0n) is 15.6. The number of halogens is 4. The molecule has 0 saturated carbocycles. The third-order valence-corrected chi connectivity index (χ3v) is 4.89. The number of nitrogens with zero attached hydrogens (tertiary/aromatic N) is 3. The summed E-state index contributed by atoms with van der Waals surface area (Å²) in [5, 5.41) is 11.5. The highest BCUT2D eigenvalue weighted by atomic mass is 35.5. The van der Waals surface area contributed by atoms with Crippen molar-refractivity contribution in [3.05, 3.63) is 63.2 Å². The Balaban J connectivity index is 1.60. The minimum Gasteiger partial charge on any atom is -0.483 e. The molecule has 1 saturated heterocycles. The molecule has 11 heteroatoms. The van der Waals surface area contributed by atoms with Crippen LogP contribution in [-0.4, -0.2) is 48.5 Å². The highest BCUT2D eigenvalue weighted by Gasteiger charge is 2.34. The van der Waals surface area contributed by atoms with Crippen molar-refractivity contribution < 1.29 is 27.6 Å². The summed E-state index contributed by atoms with van der Waals surface area (Å²) in [5.74, 6) is -0.869. The third-order valence-electron chi connectivity index (χ3n) is 4.65. The summed E-state index contributed by atoms with van der Waals surface area (Å²) < 4.78 is 44.2. The summed E-state index contributed by atoms with van der Waals surface area (Å²) in [4.78, 5) is 26.3. The second-order valence-corrected chi connectivity index (χ2v) is 6.98. The minimum absolute atomic E-state index is 0.130. The average Bonchev–Trinajstić information content (AvgIpc) is 2.71. The molecule has 160 valence electrons. The van der Waals surface area contributed by atoms with Gasteiger partial charge < -0.3 is 14.5 Å². The van der Waals surface area contributed by atoms with Gasteiger partial charge in [-0.3, -0.25) is 14.9 Å². The first-order chi connectivity index (χ1) is 14.2. The van der Waals surface area contributed by atoms with Gasteiger partial charge in [-0.2, -0.15) is 13.2 Å². The van der Waals surface area contributed by atoms with Gasteiger partial charge in [0.1, 0.15) is 11.4 Å². The molecule has 1 heterocycles. The van der Waals surface area contributed by atoms with Crippen molar-refractivity contribution in [1.29, 1.82) is 0 Å². The minimum atomic E-state index is -4.58. The van der Waals surface area contributed by atoms with Gasteiger partial charge in [-0.25, -0.2) is 0 Å². The molecule has 30 heavy (non-hydrogen) atoms. The van der Waals surface area contributed by atoms with Crippen molar-refractivity contribution in [2.45, 2.75) is 6.18 Å². The predicted octanol–water partition coefficient (Wildman–Crippen LogP) is 3.99. The Hall–Kier alpha value is -3.01. The molecule has 2 aromatic carbocycles. The fourth-order valence-electron chi connectivity index (χ4n) is 3.16. The summed E-state index contributed by atoms with van der Waals surface area (Å²) in [6.45, 7) is 0.626. The maximum atomic E-state index is 13.0. The summed E-state index contributed by atoms with van der Waals surface area (Å²) in [7, 11) is 0. The lowest BCUT2D eigenvalue weighted by Gasteiger charge is -2.35.